The number of aryl methyl sites for hydroxylation is 1. The van der Waals surface area contributed by atoms with Crippen molar-refractivity contribution in [3.05, 3.63) is 30.5 Å². The minimum atomic E-state index is -0.122. The van der Waals surface area contributed by atoms with E-state index in [1.807, 2.05) is 6.92 Å². The number of nitrogen functional groups attached to an aromatic ring is 1. The number of nitrogens with two attached hydrogens (primary N) is 1. The van der Waals surface area contributed by atoms with Crippen molar-refractivity contribution in [3.8, 4) is 11.6 Å². The highest BCUT2D eigenvalue weighted by atomic mass is 16.5. The van der Waals surface area contributed by atoms with Crippen LogP contribution in [-0.2, 0) is 6.54 Å². The topological polar surface area (TPSA) is 103 Å². The number of hydrogen-bond acceptors (Lipinski definition) is 5. The number of ether oxygens (including phenoxy) is 1. The van der Waals surface area contributed by atoms with E-state index in [-0.39, 0.29) is 5.84 Å². The van der Waals surface area contributed by atoms with Gasteiger partial charge < -0.3 is 10.5 Å². The maximum atomic E-state index is 7.18. The third-order valence-corrected chi connectivity index (χ3v) is 2.06. The second-order valence-electron chi connectivity index (χ2n) is 3.29. The van der Waals surface area contributed by atoms with Crippen LogP contribution in [0, 0.1) is 5.41 Å². The van der Waals surface area contributed by atoms with Crippen molar-refractivity contribution in [1.82, 2.24) is 19.7 Å². The van der Waals surface area contributed by atoms with Gasteiger partial charge >= 0.3 is 0 Å². The monoisotopic (exact) mass is 232 g/mol. The minimum absolute atomic E-state index is 0.122. The molecule has 7 nitrogen and oxygen atoms in total. The van der Waals surface area contributed by atoms with E-state index in [1.54, 1.807) is 17.1 Å². The summed E-state index contributed by atoms with van der Waals surface area (Å²) in [5, 5.41) is 11.2. The van der Waals surface area contributed by atoms with E-state index in [9.17, 15) is 0 Å². The lowest BCUT2D eigenvalue weighted by Crippen LogP contribution is -2.13. The normalized spacial score (nSPS) is 10.2. The van der Waals surface area contributed by atoms with Crippen LogP contribution in [0.5, 0.6) is 11.6 Å². The van der Waals surface area contributed by atoms with Gasteiger partial charge in [-0.3, -0.25) is 10.1 Å². The molecule has 0 bridgehead atoms. The Morgan fingerprint density at radius 2 is 2.24 bits per heavy atom. The molecule has 3 N–H and O–H groups in total. The van der Waals surface area contributed by atoms with E-state index in [2.05, 4.69) is 15.1 Å². The van der Waals surface area contributed by atoms with Crippen molar-refractivity contribution >= 4 is 5.84 Å². The van der Waals surface area contributed by atoms with Crippen LogP contribution in [0.3, 0.4) is 0 Å². The summed E-state index contributed by atoms with van der Waals surface area (Å²) < 4.78 is 7.17. The van der Waals surface area contributed by atoms with Crippen molar-refractivity contribution in [2.45, 2.75) is 13.5 Å². The highest BCUT2D eigenvalue weighted by molar-refractivity contribution is 5.92. The largest absolute Gasteiger partial charge is 0.434 e. The van der Waals surface area contributed by atoms with E-state index in [0.717, 1.165) is 6.54 Å². The summed E-state index contributed by atoms with van der Waals surface area (Å²) in [6, 6.07) is 0. The van der Waals surface area contributed by atoms with E-state index in [0.29, 0.717) is 17.3 Å². The van der Waals surface area contributed by atoms with Crippen molar-refractivity contribution in [2.24, 2.45) is 5.73 Å². The number of rotatable bonds is 4. The fraction of sp³-hybridized carbons (Fsp3) is 0.200. The van der Waals surface area contributed by atoms with E-state index in [4.69, 9.17) is 15.9 Å². The molecule has 17 heavy (non-hydrogen) atoms. The second-order valence-corrected chi connectivity index (χ2v) is 3.29. The van der Waals surface area contributed by atoms with E-state index >= 15 is 0 Å². The summed E-state index contributed by atoms with van der Waals surface area (Å²) in [6.45, 7) is 2.76. The van der Waals surface area contributed by atoms with Gasteiger partial charge in [-0.25, -0.2) is 9.97 Å². The average molecular weight is 232 g/mol. The summed E-state index contributed by atoms with van der Waals surface area (Å²) in [4.78, 5) is 7.92. The molecule has 0 aromatic carbocycles. The molecule has 0 unspecified atom stereocenters. The Balaban J connectivity index is 2.10. The van der Waals surface area contributed by atoms with Crippen LogP contribution < -0.4 is 10.5 Å². The van der Waals surface area contributed by atoms with Crippen LogP contribution in [0.25, 0.3) is 0 Å². The highest BCUT2D eigenvalue weighted by Gasteiger charge is 2.03. The predicted octanol–water partition coefficient (Wildman–Crippen LogP) is 0.769. The first-order valence-corrected chi connectivity index (χ1v) is 5.05. The molecule has 0 saturated heterocycles. The molecule has 0 radical (unpaired) electrons. The maximum Gasteiger partial charge on any atom is 0.238 e. The smallest absolute Gasteiger partial charge is 0.238 e. The van der Waals surface area contributed by atoms with Crippen LogP contribution in [0.1, 0.15) is 12.6 Å². The third-order valence-electron chi connectivity index (χ3n) is 2.06. The summed E-state index contributed by atoms with van der Waals surface area (Å²) in [7, 11) is 0. The Labute approximate surface area is 97.8 Å². The summed E-state index contributed by atoms with van der Waals surface area (Å²) in [5.41, 5.74) is 5.59. The van der Waals surface area contributed by atoms with Gasteiger partial charge in [0.05, 0.1) is 24.8 Å². The van der Waals surface area contributed by atoms with Crippen molar-refractivity contribution in [3.63, 3.8) is 0 Å². The van der Waals surface area contributed by atoms with Gasteiger partial charge in [-0.15, -0.1) is 0 Å². The summed E-state index contributed by atoms with van der Waals surface area (Å²) >= 11 is 0. The van der Waals surface area contributed by atoms with Gasteiger partial charge in [-0.1, -0.05) is 0 Å². The first-order valence-electron chi connectivity index (χ1n) is 5.05. The standard InChI is InChI=1S/C10H12N6O/c1-2-16-6-7(3-15-16)17-9-5-13-8(4-14-9)10(11)12/h3-6H,2H2,1H3,(H3,11,12). The number of nitrogens with one attached hydrogen (secondary N) is 1. The van der Waals surface area contributed by atoms with Gasteiger partial charge in [0.1, 0.15) is 11.5 Å². The first kappa shape index (κ1) is 11.1. The molecule has 2 aromatic heterocycles. The third kappa shape index (κ3) is 2.57. The Morgan fingerprint density at radius 3 is 2.76 bits per heavy atom. The Hall–Kier alpha value is -2.44. The second kappa shape index (κ2) is 4.60. The Morgan fingerprint density at radius 1 is 1.41 bits per heavy atom. The van der Waals surface area contributed by atoms with Crippen molar-refractivity contribution in [1.29, 1.82) is 5.41 Å². The van der Waals surface area contributed by atoms with Crippen molar-refractivity contribution < 1.29 is 4.74 Å². The highest BCUT2D eigenvalue weighted by Crippen LogP contribution is 2.16. The molecule has 0 amide bonds. The molecule has 2 rings (SSSR count). The fourth-order valence-corrected chi connectivity index (χ4v) is 1.20. The number of aromatic nitrogens is 4. The van der Waals surface area contributed by atoms with Crippen LogP contribution in [0.4, 0.5) is 0 Å². The Bertz CT molecular complexity index is 518. The molecule has 0 atom stereocenters. The molecule has 2 heterocycles. The molecular weight excluding hydrogens is 220 g/mol. The van der Waals surface area contributed by atoms with Crippen LogP contribution in [0.2, 0.25) is 0 Å². The van der Waals surface area contributed by atoms with E-state index < -0.39 is 0 Å². The van der Waals surface area contributed by atoms with Gasteiger partial charge in [-0.05, 0) is 6.92 Å². The summed E-state index contributed by atoms with van der Waals surface area (Å²) in [5.74, 6) is 0.810. The van der Waals surface area contributed by atoms with Gasteiger partial charge in [-0.2, -0.15) is 5.10 Å². The molecule has 7 heteroatoms. The molecule has 2 aromatic rings. The van der Waals surface area contributed by atoms with Crippen molar-refractivity contribution in [2.75, 3.05) is 0 Å². The van der Waals surface area contributed by atoms with Gasteiger partial charge in [0, 0.05) is 6.54 Å². The molecular formula is C10H12N6O. The number of amidine groups is 1. The average Bonchev–Trinajstić information content (AvgIpc) is 2.77. The zero-order chi connectivity index (χ0) is 12.3. The lowest BCUT2D eigenvalue weighted by molar-refractivity contribution is 0.459. The zero-order valence-corrected chi connectivity index (χ0v) is 9.29. The number of hydrogen-bond donors (Lipinski definition) is 2. The Kier molecular flexibility index (Phi) is 2.99. The molecule has 0 spiro atoms. The number of nitrogens with zero attached hydrogens (tertiary/aromatic N) is 4. The zero-order valence-electron chi connectivity index (χ0n) is 9.29. The molecule has 0 fully saturated rings. The molecule has 0 aliphatic rings. The van der Waals surface area contributed by atoms with Crippen LogP contribution in [0.15, 0.2) is 24.8 Å². The molecule has 88 valence electrons. The molecule has 0 saturated carbocycles. The van der Waals surface area contributed by atoms with E-state index in [1.165, 1.54) is 12.4 Å². The maximum absolute atomic E-state index is 7.18. The fourth-order valence-electron chi connectivity index (χ4n) is 1.20. The van der Waals surface area contributed by atoms with Gasteiger partial charge in [0.25, 0.3) is 0 Å². The predicted molar refractivity (Wildman–Crippen MR) is 61.0 cm³/mol. The first-order chi connectivity index (χ1) is 8.19. The van der Waals surface area contributed by atoms with Crippen LogP contribution in [-0.4, -0.2) is 25.6 Å². The van der Waals surface area contributed by atoms with Crippen LogP contribution >= 0.6 is 0 Å². The lowest BCUT2D eigenvalue weighted by atomic mass is 10.4. The quantitative estimate of drug-likeness (QED) is 0.598. The van der Waals surface area contributed by atoms with Gasteiger partial charge in [0.2, 0.25) is 5.88 Å². The SMILES string of the molecule is CCn1cc(Oc2cnc(C(=N)N)cn2)cn1. The molecule has 0 aliphatic heterocycles. The lowest BCUT2D eigenvalue weighted by Gasteiger charge is -2.01. The molecule has 0 aliphatic carbocycles. The minimum Gasteiger partial charge on any atom is -0.434 e. The van der Waals surface area contributed by atoms with Gasteiger partial charge in [0.15, 0.2) is 5.75 Å². The summed E-state index contributed by atoms with van der Waals surface area (Å²) in [6.07, 6.45) is 6.17.